The maximum absolute atomic E-state index is 12.9. The number of hydrogen-bond acceptors (Lipinski definition) is 7. The van der Waals surface area contributed by atoms with Gasteiger partial charge in [0.05, 0.1) is 22.0 Å². The number of esters is 1. The van der Waals surface area contributed by atoms with Gasteiger partial charge >= 0.3 is 12.1 Å². The number of hydrogen-bond donors (Lipinski definition) is 1. The number of nitrogens with one attached hydrogen (secondary N) is 1. The number of aromatic nitrogens is 1. The van der Waals surface area contributed by atoms with Crippen molar-refractivity contribution in [2.24, 2.45) is 0 Å². The predicted molar refractivity (Wildman–Crippen MR) is 159 cm³/mol. The van der Waals surface area contributed by atoms with Gasteiger partial charge in [0.1, 0.15) is 11.7 Å². The van der Waals surface area contributed by atoms with Gasteiger partial charge in [-0.3, -0.25) is 4.79 Å². The van der Waals surface area contributed by atoms with Crippen LogP contribution in [-0.2, 0) is 31.8 Å². The molecule has 0 aliphatic heterocycles. The molecule has 0 spiro atoms. The van der Waals surface area contributed by atoms with Crippen LogP contribution >= 0.6 is 11.3 Å². The number of methoxy groups -OCH3 is 1. The Morgan fingerprint density at radius 1 is 0.975 bits per heavy atom. The van der Waals surface area contributed by atoms with Crippen molar-refractivity contribution < 1.29 is 23.8 Å². The molecule has 2 aromatic carbocycles. The number of carbonyl (C=O) groups excluding carboxylic acids is 2. The van der Waals surface area contributed by atoms with Crippen molar-refractivity contribution in [3.05, 3.63) is 87.9 Å². The number of thiazole rings is 1. The van der Waals surface area contributed by atoms with E-state index in [4.69, 9.17) is 19.2 Å². The second-order valence-electron chi connectivity index (χ2n) is 10.9. The Hall–Kier alpha value is -3.23. The third-order valence-corrected chi connectivity index (χ3v) is 7.72. The number of benzene rings is 2. The molecule has 0 fully saturated rings. The Morgan fingerprint density at radius 3 is 2.10 bits per heavy atom. The molecule has 3 rings (SSSR count). The van der Waals surface area contributed by atoms with Crippen LogP contribution in [0.4, 0.5) is 4.79 Å². The largest absolute Gasteiger partial charge is 0.460 e. The molecule has 1 amide bonds. The Labute approximate surface area is 242 Å². The molecular weight excluding hydrogens is 524 g/mol. The summed E-state index contributed by atoms with van der Waals surface area (Å²) < 4.78 is 17.2. The van der Waals surface area contributed by atoms with Crippen molar-refractivity contribution in [2.75, 3.05) is 7.11 Å². The van der Waals surface area contributed by atoms with Crippen molar-refractivity contribution in [1.82, 2.24) is 10.3 Å². The first-order valence-electron chi connectivity index (χ1n) is 13.8. The molecule has 1 heterocycles. The molecule has 1 aromatic heterocycles. The molecule has 216 valence electrons. The van der Waals surface area contributed by atoms with E-state index in [9.17, 15) is 9.59 Å². The lowest BCUT2D eigenvalue weighted by Gasteiger charge is -2.31. The van der Waals surface area contributed by atoms with Crippen LogP contribution in [0.5, 0.6) is 0 Å². The summed E-state index contributed by atoms with van der Waals surface area (Å²) in [6.45, 7) is 8.95. The minimum Gasteiger partial charge on any atom is -0.460 e. The second-order valence-corrected chi connectivity index (χ2v) is 12.0. The van der Waals surface area contributed by atoms with Crippen LogP contribution < -0.4 is 5.32 Å². The van der Waals surface area contributed by atoms with Crippen LogP contribution in [0.15, 0.2) is 66.9 Å². The Morgan fingerprint density at radius 2 is 1.57 bits per heavy atom. The van der Waals surface area contributed by atoms with Gasteiger partial charge < -0.3 is 19.5 Å². The van der Waals surface area contributed by atoms with Gasteiger partial charge in [-0.1, -0.05) is 67.6 Å². The van der Waals surface area contributed by atoms with Crippen LogP contribution in [0, 0.1) is 0 Å². The summed E-state index contributed by atoms with van der Waals surface area (Å²) in [5, 5.41) is 3.96. The van der Waals surface area contributed by atoms with Gasteiger partial charge in [-0.05, 0) is 57.6 Å². The topological polar surface area (TPSA) is 86.8 Å². The molecule has 4 atom stereocenters. The summed E-state index contributed by atoms with van der Waals surface area (Å²) in [6.07, 6.45) is 3.20. The highest BCUT2D eigenvalue weighted by Crippen LogP contribution is 2.35. The van der Waals surface area contributed by atoms with E-state index in [1.807, 2.05) is 75.5 Å². The average Bonchev–Trinajstić information content (AvgIpc) is 3.38. The fraction of sp³-hybridized carbons (Fsp3) is 0.469. The van der Waals surface area contributed by atoms with E-state index in [0.717, 1.165) is 27.4 Å². The van der Waals surface area contributed by atoms with Gasteiger partial charge in [-0.25, -0.2) is 9.78 Å². The van der Waals surface area contributed by atoms with E-state index in [1.54, 1.807) is 18.4 Å². The summed E-state index contributed by atoms with van der Waals surface area (Å²) in [5.41, 5.74) is 1.51. The first-order chi connectivity index (χ1) is 19.1. The van der Waals surface area contributed by atoms with Crippen LogP contribution in [0.1, 0.15) is 80.5 Å². The van der Waals surface area contributed by atoms with Gasteiger partial charge in [-0.2, -0.15) is 0 Å². The van der Waals surface area contributed by atoms with Crippen molar-refractivity contribution >= 4 is 23.4 Å². The zero-order valence-electron chi connectivity index (χ0n) is 24.4. The highest BCUT2D eigenvalue weighted by molar-refractivity contribution is 7.11. The Kier molecular flexibility index (Phi) is 11.7. The third kappa shape index (κ3) is 10.1. The minimum absolute atomic E-state index is 0.0208. The Balaban J connectivity index is 1.97. The first-order valence-corrected chi connectivity index (χ1v) is 14.6. The smallest absolute Gasteiger partial charge is 0.408 e. The molecule has 0 aliphatic carbocycles. The zero-order chi connectivity index (χ0) is 29.1. The number of ether oxygens (including phenoxy) is 3. The van der Waals surface area contributed by atoms with E-state index in [-0.39, 0.29) is 12.0 Å². The number of alkyl carbamates (subject to hydrolysis) is 1. The van der Waals surface area contributed by atoms with Gasteiger partial charge in [0.25, 0.3) is 0 Å². The fourth-order valence-corrected chi connectivity index (χ4v) is 5.88. The summed E-state index contributed by atoms with van der Waals surface area (Å²) in [7, 11) is 1.71. The fourth-order valence-electron chi connectivity index (χ4n) is 4.68. The van der Waals surface area contributed by atoms with Crippen molar-refractivity contribution in [3.8, 4) is 0 Å². The summed E-state index contributed by atoms with van der Waals surface area (Å²) in [6, 6.07) is 19.5. The van der Waals surface area contributed by atoms with Gasteiger partial charge in [-0.15, -0.1) is 11.3 Å². The summed E-state index contributed by atoms with van der Waals surface area (Å²) in [5.74, 6) is -0.462. The van der Waals surface area contributed by atoms with Crippen LogP contribution in [0.25, 0.3) is 0 Å². The summed E-state index contributed by atoms with van der Waals surface area (Å²) >= 11 is 1.63. The highest BCUT2D eigenvalue weighted by atomic mass is 32.1. The van der Waals surface area contributed by atoms with Crippen LogP contribution in [0.2, 0.25) is 0 Å². The molecule has 8 heteroatoms. The number of amides is 1. The predicted octanol–water partition coefficient (Wildman–Crippen LogP) is 7.02. The zero-order valence-corrected chi connectivity index (χ0v) is 25.2. The number of rotatable bonds is 13. The molecule has 1 N–H and O–H groups in total. The molecule has 0 radical (unpaired) electrons. The lowest BCUT2D eigenvalue weighted by Crippen LogP contribution is -2.48. The molecule has 40 heavy (non-hydrogen) atoms. The Bertz CT molecular complexity index is 1190. The van der Waals surface area contributed by atoms with E-state index in [2.05, 4.69) is 24.4 Å². The maximum atomic E-state index is 12.9. The minimum atomic E-state index is -0.664. The van der Waals surface area contributed by atoms with Gasteiger partial charge in [0.15, 0.2) is 0 Å². The first kappa shape index (κ1) is 31.3. The van der Waals surface area contributed by atoms with E-state index >= 15 is 0 Å². The molecule has 7 nitrogen and oxygen atoms in total. The number of carbonyl (C=O) groups is 2. The molecule has 0 bridgehead atoms. The second kappa shape index (κ2) is 15.0. The average molecular weight is 567 g/mol. The standard InChI is InChI=1S/C32H42N2O5S/c1-7-27(37-6)29-21-33-30(40-29)25(18-23-14-10-8-11-15-23)20-28(38-22(2)35)26(19-24-16-12-9-13-17-24)34-31(36)39-32(3,4)5/h8-17,21,25-28H,7,18-20H2,1-6H3,(H,34,36)/t25?,26?,27-,28?/m0/s1. The SMILES string of the molecule is CC[C@H](OC)c1cnc(C(Cc2ccccc2)CC(OC(C)=O)C(Cc2ccccc2)NC(=O)OC(C)(C)C)s1. The van der Waals surface area contributed by atoms with Gasteiger partial charge in [0, 0.05) is 26.1 Å². The van der Waals surface area contributed by atoms with Crippen molar-refractivity contribution in [2.45, 2.75) is 90.1 Å². The van der Waals surface area contributed by atoms with Crippen molar-refractivity contribution in [1.29, 1.82) is 0 Å². The third-order valence-electron chi connectivity index (χ3n) is 6.47. The van der Waals surface area contributed by atoms with E-state index in [0.29, 0.717) is 19.3 Å². The maximum Gasteiger partial charge on any atom is 0.408 e. The lowest BCUT2D eigenvalue weighted by molar-refractivity contribution is -0.148. The van der Waals surface area contributed by atoms with Crippen LogP contribution in [0.3, 0.4) is 0 Å². The monoisotopic (exact) mass is 566 g/mol. The van der Waals surface area contributed by atoms with Crippen LogP contribution in [-0.4, -0.2) is 41.9 Å². The molecule has 3 unspecified atom stereocenters. The number of nitrogens with zero attached hydrogens (tertiary/aromatic N) is 1. The molecule has 0 aliphatic rings. The quantitative estimate of drug-likeness (QED) is 0.224. The van der Waals surface area contributed by atoms with E-state index in [1.165, 1.54) is 6.92 Å². The highest BCUT2D eigenvalue weighted by Gasteiger charge is 2.32. The molecular formula is C32H42N2O5S. The molecule has 0 saturated carbocycles. The van der Waals surface area contributed by atoms with Crippen molar-refractivity contribution in [3.63, 3.8) is 0 Å². The summed E-state index contributed by atoms with van der Waals surface area (Å²) in [4.78, 5) is 31.2. The normalized spacial score (nSPS) is 14.6. The van der Waals surface area contributed by atoms with E-state index < -0.39 is 29.8 Å². The lowest BCUT2D eigenvalue weighted by atomic mass is 9.89. The van der Waals surface area contributed by atoms with Gasteiger partial charge in [0.2, 0.25) is 0 Å². The molecule has 3 aromatic rings. The molecule has 0 saturated heterocycles.